The fourth-order valence-electron chi connectivity index (χ4n) is 2.76. The molecular formula is C21H21ClN2O. The van der Waals surface area contributed by atoms with Gasteiger partial charge in [0.15, 0.2) is 0 Å². The van der Waals surface area contributed by atoms with E-state index in [-0.39, 0.29) is 11.9 Å². The number of halogens is 1. The number of para-hydroxylation sites is 1. The van der Waals surface area contributed by atoms with Crippen LogP contribution in [0.15, 0.2) is 66.7 Å². The highest BCUT2D eigenvalue weighted by molar-refractivity contribution is 6.33. The molecule has 0 bridgehead atoms. The van der Waals surface area contributed by atoms with Crippen molar-refractivity contribution in [3.05, 3.63) is 77.3 Å². The maximum Gasteiger partial charge on any atom is 0.241 e. The number of nitrogens with zero attached hydrogens (tertiary/aromatic N) is 1. The van der Waals surface area contributed by atoms with Crippen LogP contribution in [0.1, 0.15) is 12.5 Å². The summed E-state index contributed by atoms with van der Waals surface area (Å²) in [6.07, 6.45) is 0. The van der Waals surface area contributed by atoms with Crippen LogP contribution in [0.4, 0.5) is 5.69 Å². The molecule has 0 saturated heterocycles. The molecule has 0 aromatic heterocycles. The minimum atomic E-state index is -0.275. The predicted octanol–water partition coefficient (Wildman–Crippen LogP) is 4.95. The number of carbonyl (C=O) groups is 1. The number of amides is 1. The molecule has 3 rings (SSSR count). The van der Waals surface area contributed by atoms with E-state index in [0.29, 0.717) is 17.3 Å². The third-order valence-electron chi connectivity index (χ3n) is 4.42. The van der Waals surface area contributed by atoms with Gasteiger partial charge in [0.2, 0.25) is 5.91 Å². The summed E-state index contributed by atoms with van der Waals surface area (Å²) in [6.45, 7) is 2.59. The van der Waals surface area contributed by atoms with Crippen molar-refractivity contribution in [3.63, 3.8) is 0 Å². The van der Waals surface area contributed by atoms with Crippen molar-refractivity contribution in [3.8, 4) is 0 Å². The molecule has 25 heavy (non-hydrogen) atoms. The Hall–Kier alpha value is -2.36. The zero-order valence-electron chi connectivity index (χ0n) is 14.4. The van der Waals surface area contributed by atoms with Gasteiger partial charge in [0.25, 0.3) is 0 Å². The fourth-order valence-corrected chi connectivity index (χ4v) is 2.94. The molecule has 0 spiro atoms. The molecule has 1 N–H and O–H groups in total. The number of carbonyl (C=O) groups excluding carboxylic acids is 1. The lowest BCUT2D eigenvalue weighted by molar-refractivity contribution is -0.120. The van der Waals surface area contributed by atoms with Crippen LogP contribution in [-0.2, 0) is 11.3 Å². The molecule has 0 aliphatic heterocycles. The average molecular weight is 353 g/mol. The highest BCUT2D eigenvalue weighted by atomic mass is 35.5. The Kier molecular flexibility index (Phi) is 5.37. The Morgan fingerprint density at radius 3 is 2.48 bits per heavy atom. The van der Waals surface area contributed by atoms with Crippen molar-refractivity contribution in [1.29, 1.82) is 0 Å². The van der Waals surface area contributed by atoms with Crippen molar-refractivity contribution in [2.24, 2.45) is 0 Å². The minimum absolute atomic E-state index is 0.0728. The van der Waals surface area contributed by atoms with Gasteiger partial charge in [-0.05, 0) is 48.5 Å². The van der Waals surface area contributed by atoms with Crippen molar-refractivity contribution in [2.75, 3.05) is 12.4 Å². The number of anilines is 1. The summed E-state index contributed by atoms with van der Waals surface area (Å²) in [6, 6.07) is 21.7. The van der Waals surface area contributed by atoms with Crippen LogP contribution in [0.5, 0.6) is 0 Å². The zero-order chi connectivity index (χ0) is 17.8. The van der Waals surface area contributed by atoms with E-state index < -0.39 is 0 Å². The molecule has 1 atom stereocenters. The number of fused-ring (bicyclic) bond motifs is 1. The van der Waals surface area contributed by atoms with Crippen LogP contribution >= 0.6 is 11.6 Å². The van der Waals surface area contributed by atoms with E-state index >= 15 is 0 Å². The largest absolute Gasteiger partial charge is 0.323 e. The lowest BCUT2D eigenvalue weighted by Crippen LogP contribution is -2.39. The van der Waals surface area contributed by atoms with Crippen molar-refractivity contribution in [2.45, 2.75) is 19.5 Å². The maximum atomic E-state index is 12.5. The number of benzene rings is 3. The third-order valence-corrected chi connectivity index (χ3v) is 4.75. The summed E-state index contributed by atoms with van der Waals surface area (Å²) in [5.41, 5.74) is 1.82. The molecule has 4 heteroatoms. The van der Waals surface area contributed by atoms with Gasteiger partial charge in [0.05, 0.1) is 16.8 Å². The maximum absolute atomic E-state index is 12.5. The Morgan fingerprint density at radius 2 is 1.72 bits per heavy atom. The molecule has 3 nitrogen and oxygen atoms in total. The van der Waals surface area contributed by atoms with Gasteiger partial charge in [-0.1, -0.05) is 60.1 Å². The van der Waals surface area contributed by atoms with E-state index in [1.165, 1.54) is 16.3 Å². The van der Waals surface area contributed by atoms with Gasteiger partial charge in [-0.25, -0.2) is 0 Å². The van der Waals surface area contributed by atoms with Crippen LogP contribution in [0.2, 0.25) is 5.02 Å². The molecule has 3 aromatic carbocycles. The Bertz CT molecular complexity index is 894. The Morgan fingerprint density at radius 1 is 1.04 bits per heavy atom. The first-order valence-corrected chi connectivity index (χ1v) is 8.66. The summed E-state index contributed by atoms with van der Waals surface area (Å²) in [5, 5.41) is 5.87. The van der Waals surface area contributed by atoms with Gasteiger partial charge < -0.3 is 5.32 Å². The van der Waals surface area contributed by atoms with E-state index in [4.69, 9.17) is 11.6 Å². The Labute approximate surface area is 153 Å². The van der Waals surface area contributed by atoms with E-state index in [1.807, 2.05) is 43.1 Å². The summed E-state index contributed by atoms with van der Waals surface area (Å²) in [7, 11) is 1.95. The van der Waals surface area contributed by atoms with Crippen molar-refractivity contribution >= 4 is 34.0 Å². The Balaban J connectivity index is 1.67. The van der Waals surface area contributed by atoms with Gasteiger partial charge >= 0.3 is 0 Å². The third kappa shape index (κ3) is 4.19. The van der Waals surface area contributed by atoms with Crippen LogP contribution < -0.4 is 5.32 Å². The molecule has 0 heterocycles. The van der Waals surface area contributed by atoms with E-state index in [0.717, 1.165) is 0 Å². The minimum Gasteiger partial charge on any atom is -0.323 e. The zero-order valence-corrected chi connectivity index (χ0v) is 15.1. The summed E-state index contributed by atoms with van der Waals surface area (Å²) >= 11 is 6.11. The second-order valence-corrected chi connectivity index (χ2v) is 6.65. The number of hydrogen-bond donors (Lipinski definition) is 1. The topological polar surface area (TPSA) is 32.3 Å². The van der Waals surface area contributed by atoms with Gasteiger partial charge in [-0.15, -0.1) is 0 Å². The molecule has 0 aliphatic carbocycles. The SMILES string of the molecule is CC(C(=O)Nc1ccccc1Cl)N(C)Cc1ccc2ccccc2c1. The number of likely N-dealkylation sites (N-methyl/N-ethyl adjacent to an activating group) is 1. The highest BCUT2D eigenvalue weighted by Crippen LogP contribution is 2.21. The first kappa shape index (κ1) is 17.5. The first-order valence-electron chi connectivity index (χ1n) is 8.28. The van der Waals surface area contributed by atoms with Gasteiger partial charge in [0, 0.05) is 6.54 Å². The molecular weight excluding hydrogens is 332 g/mol. The van der Waals surface area contributed by atoms with Crippen LogP contribution in [-0.4, -0.2) is 23.9 Å². The fraction of sp³-hybridized carbons (Fsp3) is 0.190. The van der Waals surface area contributed by atoms with Crippen LogP contribution in [0, 0.1) is 0 Å². The van der Waals surface area contributed by atoms with E-state index in [1.54, 1.807) is 12.1 Å². The predicted molar refractivity (Wildman–Crippen MR) is 105 cm³/mol. The molecule has 1 unspecified atom stereocenters. The average Bonchev–Trinajstić information content (AvgIpc) is 2.62. The van der Waals surface area contributed by atoms with E-state index in [9.17, 15) is 4.79 Å². The van der Waals surface area contributed by atoms with E-state index in [2.05, 4.69) is 35.6 Å². The first-order chi connectivity index (χ1) is 12.0. The second kappa shape index (κ2) is 7.68. The molecule has 128 valence electrons. The summed E-state index contributed by atoms with van der Waals surface area (Å²) in [5.74, 6) is -0.0728. The molecule has 0 fully saturated rings. The molecule has 0 aliphatic rings. The second-order valence-electron chi connectivity index (χ2n) is 6.24. The van der Waals surface area contributed by atoms with Crippen molar-refractivity contribution in [1.82, 2.24) is 4.90 Å². The van der Waals surface area contributed by atoms with Gasteiger partial charge in [0.1, 0.15) is 0 Å². The molecule has 1 amide bonds. The lowest BCUT2D eigenvalue weighted by atomic mass is 10.1. The normalized spacial score (nSPS) is 12.3. The van der Waals surface area contributed by atoms with Crippen LogP contribution in [0.3, 0.4) is 0 Å². The van der Waals surface area contributed by atoms with Gasteiger partial charge in [-0.3, -0.25) is 9.69 Å². The lowest BCUT2D eigenvalue weighted by Gasteiger charge is -2.24. The molecule has 0 radical (unpaired) electrons. The number of nitrogens with one attached hydrogen (secondary N) is 1. The molecule has 0 saturated carbocycles. The highest BCUT2D eigenvalue weighted by Gasteiger charge is 2.19. The van der Waals surface area contributed by atoms with Gasteiger partial charge in [-0.2, -0.15) is 0 Å². The van der Waals surface area contributed by atoms with Crippen LogP contribution in [0.25, 0.3) is 10.8 Å². The smallest absolute Gasteiger partial charge is 0.241 e. The summed E-state index contributed by atoms with van der Waals surface area (Å²) < 4.78 is 0. The monoisotopic (exact) mass is 352 g/mol. The number of rotatable bonds is 5. The number of hydrogen-bond acceptors (Lipinski definition) is 2. The standard InChI is InChI=1S/C21H21ClN2O/c1-15(21(25)23-20-10-6-5-9-19(20)22)24(2)14-16-11-12-17-7-3-4-8-18(17)13-16/h3-13,15H,14H2,1-2H3,(H,23,25). The quantitative estimate of drug-likeness (QED) is 0.704. The molecule has 3 aromatic rings. The summed E-state index contributed by atoms with van der Waals surface area (Å²) in [4.78, 5) is 14.5. The van der Waals surface area contributed by atoms with Crippen molar-refractivity contribution < 1.29 is 4.79 Å².